The molecule has 160 valence electrons. The Kier molecular flexibility index (Phi) is 8.57. The lowest BCUT2D eigenvalue weighted by atomic mass is 9.96. The third-order valence-electron chi connectivity index (χ3n) is 4.35. The van der Waals surface area contributed by atoms with Gasteiger partial charge in [0.25, 0.3) is 5.91 Å². The van der Waals surface area contributed by atoms with Crippen LogP contribution in [0, 0.1) is 0 Å². The maximum Gasteiger partial charge on any atom is 0.338 e. The smallest absolute Gasteiger partial charge is 0.338 e. The van der Waals surface area contributed by atoms with E-state index in [4.69, 9.17) is 25.8 Å². The highest BCUT2D eigenvalue weighted by Crippen LogP contribution is 2.37. The first-order valence-corrected chi connectivity index (χ1v) is 9.99. The standard InChI is InChI=1S/C20H27ClN2O6/c1-12(2)29-18-15(21)9-13(10-16(18)27-3)19(25)28-11-17(24)23-20(26)22-14-7-5-4-6-8-14/h9-10,12,14H,4-8,11H2,1-3H3,(H2,22,23,24,26). The highest BCUT2D eigenvalue weighted by molar-refractivity contribution is 6.32. The summed E-state index contributed by atoms with van der Waals surface area (Å²) in [5.41, 5.74) is 0.0995. The molecule has 0 aromatic heterocycles. The highest BCUT2D eigenvalue weighted by atomic mass is 35.5. The number of rotatable bonds is 7. The maximum absolute atomic E-state index is 12.2. The van der Waals surface area contributed by atoms with Gasteiger partial charge in [-0.15, -0.1) is 0 Å². The maximum atomic E-state index is 12.2. The van der Waals surface area contributed by atoms with Crippen LogP contribution < -0.4 is 20.1 Å². The van der Waals surface area contributed by atoms with E-state index in [2.05, 4.69) is 10.6 Å². The number of amides is 3. The summed E-state index contributed by atoms with van der Waals surface area (Å²) in [6.07, 6.45) is 4.94. The average Bonchev–Trinajstić information content (AvgIpc) is 2.67. The molecular weight excluding hydrogens is 400 g/mol. The van der Waals surface area contributed by atoms with Crippen LogP contribution >= 0.6 is 11.6 Å². The summed E-state index contributed by atoms with van der Waals surface area (Å²) in [5.74, 6) is -0.902. The van der Waals surface area contributed by atoms with Crippen molar-refractivity contribution in [2.75, 3.05) is 13.7 Å². The number of ether oxygens (including phenoxy) is 3. The minimum atomic E-state index is -0.774. The van der Waals surface area contributed by atoms with Gasteiger partial charge < -0.3 is 19.5 Å². The van der Waals surface area contributed by atoms with Crippen molar-refractivity contribution in [3.63, 3.8) is 0 Å². The Hall–Kier alpha value is -2.48. The van der Waals surface area contributed by atoms with E-state index in [9.17, 15) is 14.4 Å². The number of nitrogens with one attached hydrogen (secondary N) is 2. The second-order valence-corrected chi connectivity index (χ2v) is 7.50. The lowest BCUT2D eigenvalue weighted by Gasteiger charge is -2.22. The van der Waals surface area contributed by atoms with Crippen molar-refractivity contribution in [2.45, 2.75) is 58.1 Å². The second kappa shape index (κ2) is 10.9. The van der Waals surface area contributed by atoms with E-state index in [1.807, 2.05) is 13.8 Å². The zero-order valence-corrected chi connectivity index (χ0v) is 17.6. The predicted molar refractivity (Wildman–Crippen MR) is 108 cm³/mol. The minimum absolute atomic E-state index is 0.0697. The number of carbonyl (C=O) groups excluding carboxylic acids is 3. The van der Waals surface area contributed by atoms with E-state index in [-0.39, 0.29) is 28.5 Å². The Morgan fingerprint density at radius 1 is 1.17 bits per heavy atom. The van der Waals surface area contributed by atoms with Gasteiger partial charge in [0.05, 0.1) is 23.8 Å². The summed E-state index contributed by atoms with van der Waals surface area (Å²) in [6.45, 7) is 3.07. The quantitative estimate of drug-likeness (QED) is 0.647. The van der Waals surface area contributed by atoms with Gasteiger partial charge >= 0.3 is 12.0 Å². The first-order valence-electron chi connectivity index (χ1n) is 9.61. The van der Waals surface area contributed by atoms with Gasteiger partial charge in [0.1, 0.15) is 0 Å². The largest absolute Gasteiger partial charge is 0.493 e. The van der Waals surface area contributed by atoms with E-state index >= 15 is 0 Å². The van der Waals surface area contributed by atoms with Crippen LogP contribution in [0.1, 0.15) is 56.3 Å². The molecule has 0 saturated heterocycles. The Morgan fingerprint density at radius 2 is 1.86 bits per heavy atom. The van der Waals surface area contributed by atoms with Gasteiger partial charge in [0.15, 0.2) is 18.1 Å². The molecule has 1 aliphatic carbocycles. The summed E-state index contributed by atoms with van der Waals surface area (Å²) in [6, 6.07) is 2.27. The topological polar surface area (TPSA) is 103 Å². The van der Waals surface area contributed by atoms with Gasteiger partial charge in [0, 0.05) is 6.04 Å². The van der Waals surface area contributed by atoms with Crippen LogP contribution in [0.15, 0.2) is 12.1 Å². The molecule has 0 spiro atoms. The van der Waals surface area contributed by atoms with Crippen LogP contribution in [0.4, 0.5) is 4.79 Å². The van der Waals surface area contributed by atoms with Gasteiger partial charge in [-0.05, 0) is 38.8 Å². The van der Waals surface area contributed by atoms with Crippen molar-refractivity contribution in [3.8, 4) is 11.5 Å². The van der Waals surface area contributed by atoms with Crippen LogP contribution in [0.3, 0.4) is 0 Å². The molecule has 0 unspecified atom stereocenters. The lowest BCUT2D eigenvalue weighted by molar-refractivity contribution is -0.123. The van der Waals surface area contributed by atoms with E-state index in [0.29, 0.717) is 5.75 Å². The molecule has 0 bridgehead atoms. The molecule has 9 heteroatoms. The van der Waals surface area contributed by atoms with Crippen LogP contribution in [0.2, 0.25) is 5.02 Å². The lowest BCUT2D eigenvalue weighted by Crippen LogP contribution is -2.46. The van der Waals surface area contributed by atoms with Gasteiger partial charge in [-0.1, -0.05) is 30.9 Å². The molecule has 0 aliphatic heterocycles. The first-order chi connectivity index (χ1) is 13.8. The number of benzene rings is 1. The first kappa shape index (κ1) is 22.8. The number of carbonyl (C=O) groups is 3. The molecule has 0 atom stereocenters. The van der Waals surface area contributed by atoms with Crippen molar-refractivity contribution < 1.29 is 28.6 Å². The zero-order chi connectivity index (χ0) is 21.4. The van der Waals surface area contributed by atoms with Gasteiger partial charge in [-0.25, -0.2) is 9.59 Å². The molecule has 1 saturated carbocycles. The number of hydrogen-bond acceptors (Lipinski definition) is 6. The van der Waals surface area contributed by atoms with Crippen molar-refractivity contribution in [1.29, 1.82) is 0 Å². The Bertz CT molecular complexity index is 747. The number of halogens is 1. The second-order valence-electron chi connectivity index (χ2n) is 7.09. The number of esters is 1. The Balaban J connectivity index is 1.88. The predicted octanol–water partition coefficient (Wildman–Crippen LogP) is 3.45. The molecule has 1 aromatic rings. The normalized spacial score (nSPS) is 14.2. The molecule has 1 fully saturated rings. The number of imide groups is 1. The molecule has 3 amide bonds. The molecule has 1 aromatic carbocycles. The monoisotopic (exact) mass is 426 g/mol. The summed E-state index contributed by atoms with van der Waals surface area (Å²) >= 11 is 6.18. The molecule has 1 aliphatic rings. The molecule has 8 nitrogen and oxygen atoms in total. The van der Waals surface area contributed by atoms with E-state index in [1.54, 1.807) is 0 Å². The van der Waals surface area contributed by atoms with Crippen LogP contribution in [0.5, 0.6) is 11.5 Å². The Morgan fingerprint density at radius 3 is 2.48 bits per heavy atom. The van der Waals surface area contributed by atoms with Gasteiger partial charge in [0.2, 0.25) is 0 Å². The third-order valence-corrected chi connectivity index (χ3v) is 4.63. The highest BCUT2D eigenvalue weighted by Gasteiger charge is 2.20. The summed E-state index contributed by atoms with van der Waals surface area (Å²) in [7, 11) is 1.42. The Labute approximate surface area is 175 Å². The summed E-state index contributed by atoms with van der Waals surface area (Å²) in [4.78, 5) is 36.0. The fourth-order valence-electron chi connectivity index (χ4n) is 3.03. The number of hydrogen-bond donors (Lipinski definition) is 2. The van der Waals surface area contributed by atoms with Gasteiger partial charge in [-0.2, -0.15) is 0 Å². The molecule has 29 heavy (non-hydrogen) atoms. The molecule has 0 radical (unpaired) electrons. The fourth-order valence-corrected chi connectivity index (χ4v) is 3.29. The molecule has 2 N–H and O–H groups in total. The average molecular weight is 427 g/mol. The minimum Gasteiger partial charge on any atom is -0.493 e. The summed E-state index contributed by atoms with van der Waals surface area (Å²) < 4.78 is 15.8. The zero-order valence-electron chi connectivity index (χ0n) is 16.9. The van der Waals surface area contributed by atoms with Gasteiger partial charge in [-0.3, -0.25) is 10.1 Å². The SMILES string of the molecule is COc1cc(C(=O)OCC(=O)NC(=O)NC2CCCCC2)cc(Cl)c1OC(C)C. The third kappa shape index (κ3) is 7.12. The number of urea groups is 1. The van der Waals surface area contributed by atoms with Crippen molar-refractivity contribution in [1.82, 2.24) is 10.6 Å². The van der Waals surface area contributed by atoms with Crippen molar-refractivity contribution >= 4 is 29.5 Å². The van der Waals surface area contributed by atoms with E-state index in [1.165, 1.54) is 19.2 Å². The molecule has 2 rings (SSSR count). The van der Waals surface area contributed by atoms with E-state index in [0.717, 1.165) is 32.1 Å². The van der Waals surface area contributed by atoms with Crippen LogP contribution in [0.25, 0.3) is 0 Å². The van der Waals surface area contributed by atoms with E-state index < -0.39 is 24.5 Å². The van der Waals surface area contributed by atoms with Crippen LogP contribution in [-0.4, -0.2) is 43.8 Å². The number of methoxy groups -OCH3 is 1. The fraction of sp³-hybridized carbons (Fsp3) is 0.550. The molecule has 0 heterocycles. The van der Waals surface area contributed by atoms with Crippen LogP contribution in [-0.2, 0) is 9.53 Å². The molecular formula is C20H27ClN2O6. The summed E-state index contributed by atoms with van der Waals surface area (Å²) in [5, 5.41) is 5.10. The van der Waals surface area contributed by atoms with Crippen molar-refractivity contribution in [3.05, 3.63) is 22.7 Å². The van der Waals surface area contributed by atoms with Crippen molar-refractivity contribution in [2.24, 2.45) is 0 Å².